The Bertz CT molecular complexity index is 884. The van der Waals surface area contributed by atoms with Gasteiger partial charge in [-0.3, -0.25) is 4.79 Å². The molecule has 2 aromatic rings. The van der Waals surface area contributed by atoms with Gasteiger partial charge in [0.2, 0.25) is 0 Å². The molecule has 0 aromatic carbocycles. The molecular formula is C20H25N5O. The van der Waals surface area contributed by atoms with Crippen LogP contribution in [0.15, 0.2) is 23.0 Å². The smallest absolute Gasteiger partial charge is 0.266 e. The summed E-state index contributed by atoms with van der Waals surface area (Å²) in [7, 11) is 0. The summed E-state index contributed by atoms with van der Waals surface area (Å²) in [6, 6.07) is 5.94. The van der Waals surface area contributed by atoms with Gasteiger partial charge < -0.3 is 4.90 Å². The number of hydrogen-bond acceptors (Lipinski definition) is 5. The second-order valence-electron chi connectivity index (χ2n) is 8.04. The van der Waals surface area contributed by atoms with Gasteiger partial charge in [-0.25, -0.2) is 14.6 Å². The van der Waals surface area contributed by atoms with E-state index in [0.717, 1.165) is 42.4 Å². The summed E-state index contributed by atoms with van der Waals surface area (Å²) in [5.74, 6) is 3.13. The molecule has 1 atom stereocenters. The first kappa shape index (κ1) is 16.0. The number of hydrogen-bond donors (Lipinski definition) is 0. The van der Waals surface area contributed by atoms with E-state index in [1.54, 1.807) is 10.7 Å². The lowest BCUT2D eigenvalue weighted by atomic mass is 10.2. The average molecular weight is 351 g/mol. The SMILES string of the molecule is Cc1cc(N2CCCC2Cn2nc(C3CC3)ccc2=O)nc(C2CC2)n1. The Labute approximate surface area is 153 Å². The molecule has 6 nitrogen and oxygen atoms in total. The fourth-order valence-electron chi connectivity index (χ4n) is 3.96. The van der Waals surface area contributed by atoms with Crippen LogP contribution >= 0.6 is 0 Å². The topological polar surface area (TPSA) is 63.9 Å². The van der Waals surface area contributed by atoms with E-state index in [4.69, 9.17) is 4.98 Å². The molecule has 26 heavy (non-hydrogen) atoms. The van der Waals surface area contributed by atoms with Crippen LogP contribution < -0.4 is 10.5 Å². The number of aryl methyl sites for hydroxylation is 1. The van der Waals surface area contributed by atoms with Crippen molar-refractivity contribution in [2.24, 2.45) is 0 Å². The quantitative estimate of drug-likeness (QED) is 0.829. The van der Waals surface area contributed by atoms with Crippen LogP contribution in [0.5, 0.6) is 0 Å². The third kappa shape index (κ3) is 3.13. The van der Waals surface area contributed by atoms with Gasteiger partial charge in [0.05, 0.1) is 18.3 Å². The van der Waals surface area contributed by atoms with Gasteiger partial charge in [0.25, 0.3) is 5.56 Å². The number of nitrogens with zero attached hydrogens (tertiary/aromatic N) is 5. The summed E-state index contributed by atoms with van der Waals surface area (Å²) in [6.07, 6.45) is 7.02. The molecular weight excluding hydrogens is 326 g/mol. The maximum atomic E-state index is 12.3. The van der Waals surface area contributed by atoms with Gasteiger partial charge in [-0.2, -0.15) is 5.10 Å². The van der Waals surface area contributed by atoms with Crippen molar-refractivity contribution in [3.8, 4) is 0 Å². The minimum atomic E-state index is -0.00112. The molecule has 2 aromatic heterocycles. The van der Waals surface area contributed by atoms with Crippen molar-refractivity contribution in [2.75, 3.05) is 11.4 Å². The van der Waals surface area contributed by atoms with Crippen LogP contribution in [0.2, 0.25) is 0 Å². The predicted octanol–water partition coefficient (Wildman–Crippen LogP) is 2.77. The van der Waals surface area contributed by atoms with Crippen molar-refractivity contribution >= 4 is 5.82 Å². The molecule has 2 saturated carbocycles. The summed E-state index contributed by atoms with van der Waals surface area (Å²) >= 11 is 0. The monoisotopic (exact) mass is 351 g/mol. The molecule has 136 valence electrons. The lowest BCUT2D eigenvalue weighted by Gasteiger charge is -2.26. The van der Waals surface area contributed by atoms with Crippen molar-refractivity contribution in [3.63, 3.8) is 0 Å². The third-order valence-corrected chi connectivity index (χ3v) is 5.74. The molecule has 0 bridgehead atoms. The van der Waals surface area contributed by atoms with E-state index in [9.17, 15) is 4.79 Å². The Balaban J connectivity index is 1.41. The molecule has 5 rings (SSSR count). The summed E-state index contributed by atoms with van der Waals surface area (Å²) in [4.78, 5) is 24.1. The zero-order chi connectivity index (χ0) is 17.7. The Hall–Kier alpha value is -2.24. The maximum absolute atomic E-state index is 12.3. The second kappa shape index (κ2) is 6.18. The van der Waals surface area contributed by atoms with E-state index < -0.39 is 0 Å². The Morgan fingerprint density at radius 2 is 1.88 bits per heavy atom. The molecule has 0 amide bonds. The van der Waals surface area contributed by atoms with Gasteiger partial charge in [-0.1, -0.05) is 0 Å². The zero-order valence-corrected chi connectivity index (χ0v) is 15.3. The van der Waals surface area contributed by atoms with Crippen molar-refractivity contribution in [1.29, 1.82) is 0 Å². The highest BCUT2D eigenvalue weighted by Gasteiger charge is 2.31. The highest BCUT2D eigenvalue weighted by Crippen LogP contribution is 2.39. The zero-order valence-electron chi connectivity index (χ0n) is 15.3. The van der Waals surface area contributed by atoms with Crippen LogP contribution in [0.4, 0.5) is 5.82 Å². The van der Waals surface area contributed by atoms with Crippen LogP contribution in [0.25, 0.3) is 0 Å². The second-order valence-corrected chi connectivity index (χ2v) is 8.04. The molecule has 3 aliphatic rings. The van der Waals surface area contributed by atoms with Crippen molar-refractivity contribution in [1.82, 2.24) is 19.7 Å². The van der Waals surface area contributed by atoms with Crippen LogP contribution in [0, 0.1) is 6.92 Å². The fraction of sp³-hybridized carbons (Fsp3) is 0.600. The number of anilines is 1. The minimum Gasteiger partial charge on any atom is -0.352 e. The van der Waals surface area contributed by atoms with Crippen LogP contribution in [0.1, 0.15) is 67.6 Å². The first-order chi connectivity index (χ1) is 12.7. The molecule has 3 heterocycles. The Morgan fingerprint density at radius 3 is 2.65 bits per heavy atom. The first-order valence-corrected chi connectivity index (χ1v) is 9.87. The highest BCUT2D eigenvalue weighted by atomic mass is 16.1. The molecule has 0 spiro atoms. The standard InChI is InChI=1S/C20H25N5O/c1-13-11-18(22-20(21-13)15-6-7-15)24-10-2-3-16(24)12-25-19(26)9-8-17(23-25)14-4-5-14/h8-9,11,14-16H,2-7,10,12H2,1H3. The molecule has 3 fully saturated rings. The van der Waals surface area contributed by atoms with Crippen molar-refractivity contribution in [2.45, 2.75) is 69.9 Å². The van der Waals surface area contributed by atoms with Gasteiger partial charge in [-0.15, -0.1) is 0 Å². The van der Waals surface area contributed by atoms with Crippen molar-refractivity contribution in [3.05, 3.63) is 45.8 Å². The van der Waals surface area contributed by atoms with E-state index >= 15 is 0 Å². The van der Waals surface area contributed by atoms with Gasteiger partial charge in [0.15, 0.2) is 0 Å². The largest absolute Gasteiger partial charge is 0.352 e. The van der Waals surface area contributed by atoms with Gasteiger partial charge in [0.1, 0.15) is 11.6 Å². The molecule has 6 heteroatoms. The van der Waals surface area contributed by atoms with Crippen LogP contribution in [-0.4, -0.2) is 32.3 Å². The summed E-state index contributed by atoms with van der Waals surface area (Å²) in [6.45, 7) is 3.68. The molecule has 0 N–H and O–H groups in total. The van der Waals surface area contributed by atoms with E-state index in [1.165, 1.54) is 25.7 Å². The van der Waals surface area contributed by atoms with Gasteiger partial charge in [-0.05, 0) is 51.5 Å². The molecule has 1 unspecified atom stereocenters. The third-order valence-electron chi connectivity index (χ3n) is 5.74. The summed E-state index contributed by atoms with van der Waals surface area (Å²) < 4.78 is 1.67. The number of aromatic nitrogens is 4. The van der Waals surface area contributed by atoms with Gasteiger partial charge in [0, 0.05) is 36.2 Å². The Kier molecular flexibility index (Phi) is 3.80. The van der Waals surface area contributed by atoms with E-state index in [0.29, 0.717) is 18.4 Å². The molecule has 0 radical (unpaired) electrons. The summed E-state index contributed by atoms with van der Waals surface area (Å²) in [5.41, 5.74) is 2.11. The lowest BCUT2D eigenvalue weighted by molar-refractivity contribution is 0.480. The first-order valence-electron chi connectivity index (χ1n) is 9.87. The maximum Gasteiger partial charge on any atom is 0.266 e. The van der Waals surface area contributed by atoms with E-state index in [1.807, 2.05) is 13.0 Å². The highest BCUT2D eigenvalue weighted by molar-refractivity contribution is 5.43. The van der Waals surface area contributed by atoms with E-state index in [-0.39, 0.29) is 11.6 Å². The molecule has 2 aliphatic carbocycles. The Morgan fingerprint density at radius 1 is 1.08 bits per heavy atom. The van der Waals surface area contributed by atoms with Gasteiger partial charge >= 0.3 is 0 Å². The van der Waals surface area contributed by atoms with Crippen molar-refractivity contribution < 1.29 is 0 Å². The van der Waals surface area contributed by atoms with Crippen LogP contribution in [0.3, 0.4) is 0 Å². The fourth-order valence-corrected chi connectivity index (χ4v) is 3.96. The normalized spacial score (nSPS) is 22.8. The number of rotatable bonds is 5. The van der Waals surface area contributed by atoms with Crippen LogP contribution in [-0.2, 0) is 6.54 Å². The summed E-state index contributed by atoms with van der Waals surface area (Å²) in [5, 5.41) is 4.64. The molecule has 1 aliphatic heterocycles. The average Bonchev–Trinajstić information content (AvgIpc) is 3.54. The predicted molar refractivity (Wildman–Crippen MR) is 99.6 cm³/mol. The minimum absolute atomic E-state index is 0.00112. The lowest BCUT2D eigenvalue weighted by Crippen LogP contribution is -2.37. The molecule has 1 saturated heterocycles. The van der Waals surface area contributed by atoms with E-state index in [2.05, 4.69) is 21.0 Å².